The molecule has 0 aromatic heterocycles. The minimum absolute atomic E-state index is 0.0245. The SMILES string of the molecule is CCc1cccc(CC)c1C(N)CCNCC(N)c1c(CC)cccc1CC. The van der Waals surface area contributed by atoms with E-state index in [1.807, 2.05) is 0 Å². The number of rotatable bonds is 11. The predicted molar refractivity (Wildman–Crippen MR) is 122 cm³/mol. The van der Waals surface area contributed by atoms with Crippen molar-refractivity contribution in [2.24, 2.45) is 11.5 Å². The summed E-state index contributed by atoms with van der Waals surface area (Å²) in [6.07, 6.45) is 5.03. The first kappa shape index (κ1) is 22.6. The van der Waals surface area contributed by atoms with Crippen molar-refractivity contribution < 1.29 is 0 Å². The lowest BCUT2D eigenvalue weighted by molar-refractivity contribution is 0.540. The summed E-state index contributed by atoms with van der Waals surface area (Å²) >= 11 is 0. The monoisotopic (exact) mass is 381 g/mol. The molecule has 0 saturated carbocycles. The van der Waals surface area contributed by atoms with Gasteiger partial charge in [0.2, 0.25) is 0 Å². The molecule has 2 rings (SSSR count). The number of nitrogens with one attached hydrogen (secondary N) is 1. The fraction of sp³-hybridized carbons (Fsp3) is 0.520. The van der Waals surface area contributed by atoms with E-state index in [2.05, 4.69) is 69.4 Å². The predicted octanol–water partition coefficient (Wildman–Crippen LogP) is 4.62. The third kappa shape index (κ3) is 5.44. The number of hydrogen-bond acceptors (Lipinski definition) is 3. The van der Waals surface area contributed by atoms with Gasteiger partial charge in [0.05, 0.1) is 0 Å². The highest BCUT2D eigenvalue weighted by Gasteiger charge is 2.16. The summed E-state index contributed by atoms with van der Waals surface area (Å²) in [4.78, 5) is 0. The van der Waals surface area contributed by atoms with Crippen molar-refractivity contribution >= 4 is 0 Å². The molecule has 5 N–H and O–H groups in total. The van der Waals surface area contributed by atoms with E-state index in [1.54, 1.807) is 0 Å². The quantitative estimate of drug-likeness (QED) is 0.498. The number of hydrogen-bond donors (Lipinski definition) is 3. The van der Waals surface area contributed by atoms with Crippen molar-refractivity contribution in [2.45, 2.75) is 71.9 Å². The van der Waals surface area contributed by atoms with Crippen molar-refractivity contribution in [1.82, 2.24) is 5.32 Å². The largest absolute Gasteiger partial charge is 0.324 e. The van der Waals surface area contributed by atoms with Crippen LogP contribution in [0.25, 0.3) is 0 Å². The molecule has 0 fully saturated rings. The topological polar surface area (TPSA) is 64.1 Å². The van der Waals surface area contributed by atoms with Gasteiger partial charge < -0.3 is 16.8 Å². The molecule has 0 heterocycles. The maximum Gasteiger partial charge on any atom is 0.0427 e. The Hall–Kier alpha value is -1.68. The molecule has 2 aromatic carbocycles. The Labute approximate surface area is 171 Å². The molecule has 154 valence electrons. The van der Waals surface area contributed by atoms with E-state index in [-0.39, 0.29) is 12.1 Å². The molecule has 2 aromatic rings. The van der Waals surface area contributed by atoms with E-state index in [4.69, 9.17) is 11.5 Å². The van der Waals surface area contributed by atoms with Crippen molar-refractivity contribution in [3.63, 3.8) is 0 Å². The van der Waals surface area contributed by atoms with Crippen LogP contribution >= 0.6 is 0 Å². The summed E-state index contributed by atoms with van der Waals surface area (Å²) in [5.41, 5.74) is 21.4. The lowest BCUT2D eigenvalue weighted by Crippen LogP contribution is -2.31. The highest BCUT2D eigenvalue weighted by Crippen LogP contribution is 2.25. The molecular formula is C25H39N3. The van der Waals surface area contributed by atoms with Gasteiger partial charge >= 0.3 is 0 Å². The number of aryl methyl sites for hydroxylation is 4. The lowest BCUT2D eigenvalue weighted by atomic mass is 9.90. The van der Waals surface area contributed by atoms with Crippen LogP contribution in [0, 0.1) is 0 Å². The fourth-order valence-electron chi connectivity index (χ4n) is 4.28. The van der Waals surface area contributed by atoms with Crippen LogP contribution in [0.15, 0.2) is 36.4 Å². The van der Waals surface area contributed by atoms with Crippen LogP contribution in [0.4, 0.5) is 0 Å². The van der Waals surface area contributed by atoms with Crippen LogP contribution in [0.1, 0.15) is 79.6 Å². The molecule has 0 aliphatic rings. The first-order valence-corrected chi connectivity index (χ1v) is 11.0. The molecule has 2 atom stereocenters. The van der Waals surface area contributed by atoms with Gasteiger partial charge in [-0.1, -0.05) is 64.1 Å². The maximum absolute atomic E-state index is 6.60. The smallest absolute Gasteiger partial charge is 0.0427 e. The van der Waals surface area contributed by atoms with E-state index in [9.17, 15) is 0 Å². The normalized spacial score (nSPS) is 13.5. The summed E-state index contributed by atoms with van der Waals surface area (Å²) in [6, 6.07) is 13.2. The zero-order valence-electron chi connectivity index (χ0n) is 18.2. The maximum atomic E-state index is 6.60. The Morgan fingerprint density at radius 1 is 0.679 bits per heavy atom. The number of benzene rings is 2. The zero-order valence-corrected chi connectivity index (χ0v) is 18.2. The van der Waals surface area contributed by atoms with Gasteiger partial charge in [-0.3, -0.25) is 0 Å². The summed E-state index contributed by atoms with van der Waals surface area (Å²) in [7, 11) is 0. The van der Waals surface area contributed by atoms with E-state index in [1.165, 1.54) is 33.4 Å². The summed E-state index contributed by atoms with van der Waals surface area (Å²) in [6.45, 7) is 10.5. The van der Waals surface area contributed by atoms with Crippen LogP contribution in [-0.4, -0.2) is 13.1 Å². The van der Waals surface area contributed by atoms with Gasteiger partial charge in [0.25, 0.3) is 0 Å². The molecule has 0 aliphatic heterocycles. The fourth-order valence-corrected chi connectivity index (χ4v) is 4.28. The van der Waals surface area contributed by atoms with E-state index >= 15 is 0 Å². The van der Waals surface area contributed by atoms with Crippen molar-refractivity contribution in [3.8, 4) is 0 Å². The van der Waals surface area contributed by atoms with E-state index in [0.29, 0.717) is 0 Å². The second-order valence-corrected chi connectivity index (χ2v) is 7.60. The second kappa shape index (κ2) is 11.4. The van der Waals surface area contributed by atoms with Gasteiger partial charge in [0.1, 0.15) is 0 Å². The van der Waals surface area contributed by atoms with Gasteiger partial charge in [-0.25, -0.2) is 0 Å². The number of nitrogens with two attached hydrogens (primary N) is 2. The van der Waals surface area contributed by atoms with Crippen LogP contribution in [-0.2, 0) is 25.7 Å². The van der Waals surface area contributed by atoms with Crippen molar-refractivity contribution in [2.75, 3.05) is 13.1 Å². The molecule has 2 unspecified atom stereocenters. The molecule has 28 heavy (non-hydrogen) atoms. The molecule has 3 heteroatoms. The molecular weight excluding hydrogens is 342 g/mol. The van der Waals surface area contributed by atoms with Crippen molar-refractivity contribution in [3.05, 3.63) is 69.8 Å². The van der Waals surface area contributed by atoms with E-state index in [0.717, 1.165) is 45.2 Å². The second-order valence-electron chi connectivity index (χ2n) is 7.60. The minimum atomic E-state index is 0.0245. The Balaban J connectivity index is 1.97. The first-order valence-electron chi connectivity index (χ1n) is 11.0. The highest BCUT2D eigenvalue weighted by molar-refractivity contribution is 5.39. The summed E-state index contributed by atoms with van der Waals surface area (Å²) in [5.74, 6) is 0. The standard InChI is InChI=1S/C25H39N3/c1-5-18-11-9-12-19(6-2)24(18)22(26)15-16-28-17-23(27)25-20(7-3)13-10-14-21(25)8-4/h9-14,22-23,28H,5-8,15-17,26-27H2,1-4H3. The zero-order chi connectivity index (χ0) is 20.5. The van der Waals surface area contributed by atoms with E-state index < -0.39 is 0 Å². The van der Waals surface area contributed by atoms with Gasteiger partial charge in [0.15, 0.2) is 0 Å². The van der Waals surface area contributed by atoms with Crippen LogP contribution in [0.5, 0.6) is 0 Å². The molecule has 0 aliphatic carbocycles. The average Bonchev–Trinajstić information content (AvgIpc) is 2.74. The first-order chi connectivity index (χ1) is 13.6. The summed E-state index contributed by atoms with van der Waals surface area (Å²) < 4.78 is 0. The van der Waals surface area contributed by atoms with Gasteiger partial charge in [0, 0.05) is 18.6 Å². The van der Waals surface area contributed by atoms with Crippen LogP contribution in [0.3, 0.4) is 0 Å². The highest BCUT2D eigenvalue weighted by atomic mass is 14.9. The molecule has 0 saturated heterocycles. The molecule has 0 spiro atoms. The Morgan fingerprint density at radius 2 is 1.07 bits per heavy atom. The molecule has 0 radical (unpaired) electrons. The van der Waals surface area contributed by atoms with Gasteiger partial charge in [-0.2, -0.15) is 0 Å². The third-order valence-corrected chi connectivity index (χ3v) is 5.84. The van der Waals surface area contributed by atoms with Crippen LogP contribution < -0.4 is 16.8 Å². The minimum Gasteiger partial charge on any atom is -0.324 e. The Morgan fingerprint density at radius 3 is 1.46 bits per heavy atom. The lowest BCUT2D eigenvalue weighted by Gasteiger charge is -2.22. The molecule has 0 bridgehead atoms. The Bertz CT molecular complexity index is 631. The average molecular weight is 382 g/mol. The van der Waals surface area contributed by atoms with Crippen LogP contribution in [0.2, 0.25) is 0 Å². The summed E-state index contributed by atoms with van der Waals surface area (Å²) in [5, 5.41) is 3.56. The van der Waals surface area contributed by atoms with Gasteiger partial charge in [-0.15, -0.1) is 0 Å². The Kier molecular flexibility index (Phi) is 9.17. The van der Waals surface area contributed by atoms with Gasteiger partial charge in [-0.05, 0) is 72.0 Å². The van der Waals surface area contributed by atoms with Crippen molar-refractivity contribution in [1.29, 1.82) is 0 Å². The molecule has 3 nitrogen and oxygen atoms in total. The third-order valence-electron chi connectivity index (χ3n) is 5.84. The molecule has 0 amide bonds.